The van der Waals surface area contributed by atoms with Gasteiger partial charge in [-0.05, 0) is 24.7 Å². The molecule has 0 amide bonds. The van der Waals surface area contributed by atoms with Crippen LogP contribution in [0, 0.1) is 17.5 Å². The molecule has 0 aliphatic heterocycles. The first-order valence-electron chi connectivity index (χ1n) is 4.72. The molecule has 1 rings (SSSR count). The second-order valence-electron chi connectivity index (χ2n) is 3.76. The van der Waals surface area contributed by atoms with Crippen LogP contribution in [0.15, 0.2) is 6.07 Å². The minimum atomic E-state index is 0.682. The quantitative estimate of drug-likeness (QED) is 0.801. The molecule has 1 heterocycles. The van der Waals surface area contributed by atoms with Gasteiger partial charge in [0, 0.05) is 5.69 Å². The highest BCUT2D eigenvalue weighted by atomic mass is 32.2. The predicted molar refractivity (Wildman–Crippen MR) is 65.2 cm³/mol. The van der Waals surface area contributed by atoms with Gasteiger partial charge in [-0.1, -0.05) is 26.1 Å². The molecule has 0 bridgehead atoms. The molecule has 0 aliphatic rings. The van der Waals surface area contributed by atoms with Crippen molar-refractivity contribution < 1.29 is 0 Å². The van der Waals surface area contributed by atoms with Crippen LogP contribution in [0.3, 0.4) is 0 Å². The molecule has 0 fully saturated rings. The number of nitrogens with zero attached hydrogens (tertiary/aromatic N) is 1. The minimum Gasteiger partial charge on any atom is -0.347 e. The smallest absolute Gasteiger partial charge is 0.130 e. The fourth-order valence-electron chi connectivity index (χ4n) is 1.10. The number of nitrogens with one attached hydrogen (secondary N) is 1. The van der Waals surface area contributed by atoms with Crippen molar-refractivity contribution in [2.45, 2.75) is 26.5 Å². The molecule has 0 unspecified atom stereocenters. The van der Waals surface area contributed by atoms with E-state index >= 15 is 0 Å². The molecule has 1 aromatic heterocycles. The molecule has 0 atom stereocenters. The zero-order valence-corrected chi connectivity index (χ0v) is 10.5. The first kappa shape index (κ1) is 11.7. The highest BCUT2D eigenvalue weighted by molar-refractivity contribution is 7.98. The summed E-state index contributed by atoms with van der Waals surface area (Å²) in [6, 6.07) is 1.88. The summed E-state index contributed by atoms with van der Waals surface area (Å²) in [6.07, 6.45) is 0. The number of hydrogen-bond donors (Lipinski definition) is 1. The van der Waals surface area contributed by atoms with Crippen LogP contribution in [0.4, 0.5) is 0 Å². The van der Waals surface area contributed by atoms with Crippen molar-refractivity contribution in [1.29, 1.82) is 0 Å². The first-order chi connectivity index (χ1) is 6.58. The Morgan fingerprint density at radius 3 is 2.86 bits per heavy atom. The molecule has 2 nitrogen and oxygen atoms in total. The van der Waals surface area contributed by atoms with E-state index in [1.165, 1.54) is 0 Å². The average molecular weight is 228 g/mol. The van der Waals surface area contributed by atoms with E-state index in [1.807, 2.05) is 24.8 Å². The third-order valence-corrected chi connectivity index (χ3v) is 3.21. The molecule has 1 aromatic rings. The lowest BCUT2D eigenvalue weighted by Crippen LogP contribution is -1.97. The summed E-state index contributed by atoms with van der Waals surface area (Å²) in [5, 5.41) is 0. The summed E-state index contributed by atoms with van der Waals surface area (Å²) in [4.78, 5) is 7.49. The SMILES string of the molecule is Cc1cc(=S)nc(CSCC(C)C)[nH]1. The molecule has 1 N–H and O–H groups in total. The second-order valence-corrected chi connectivity index (χ2v) is 5.21. The lowest BCUT2D eigenvalue weighted by atomic mass is 10.3. The summed E-state index contributed by atoms with van der Waals surface area (Å²) < 4.78 is 0.682. The molecular formula is C10H16N2S2. The highest BCUT2D eigenvalue weighted by Gasteiger charge is 1.98. The molecule has 0 saturated carbocycles. The number of aryl methyl sites for hydroxylation is 1. The molecule has 78 valence electrons. The molecule has 0 aromatic carbocycles. The molecule has 0 spiro atoms. The monoisotopic (exact) mass is 228 g/mol. The van der Waals surface area contributed by atoms with Gasteiger partial charge < -0.3 is 4.98 Å². The number of aromatic nitrogens is 2. The van der Waals surface area contributed by atoms with Crippen molar-refractivity contribution in [3.8, 4) is 0 Å². The Labute approximate surface area is 94.5 Å². The molecule has 0 radical (unpaired) electrons. The number of thioether (sulfide) groups is 1. The van der Waals surface area contributed by atoms with Crippen LogP contribution in [0.1, 0.15) is 25.4 Å². The maximum absolute atomic E-state index is 5.05. The summed E-state index contributed by atoms with van der Waals surface area (Å²) >= 11 is 6.94. The molecule has 4 heteroatoms. The van der Waals surface area contributed by atoms with E-state index < -0.39 is 0 Å². The van der Waals surface area contributed by atoms with Gasteiger partial charge in [-0.15, -0.1) is 0 Å². The standard InChI is InChI=1S/C10H16N2S2/c1-7(2)5-14-6-9-11-8(3)4-10(13)12-9/h4,7H,5-6H2,1-3H3,(H,11,12,13). The zero-order chi connectivity index (χ0) is 10.6. The number of rotatable bonds is 4. The van der Waals surface area contributed by atoms with Crippen LogP contribution in [0.5, 0.6) is 0 Å². The highest BCUT2D eigenvalue weighted by Crippen LogP contribution is 2.12. The van der Waals surface area contributed by atoms with Crippen LogP contribution < -0.4 is 0 Å². The Balaban J connectivity index is 2.55. The Morgan fingerprint density at radius 1 is 1.57 bits per heavy atom. The van der Waals surface area contributed by atoms with Crippen molar-refractivity contribution in [2.24, 2.45) is 5.92 Å². The number of hydrogen-bond acceptors (Lipinski definition) is 3. The topological polar surface area (TPSA) is 28.7 Å². The van der Waals surface area contributed by atoms with Crippen LogP contribution in [0.25, 0.3) is 0 Å². The molecule has 0 aliphatic carbocycles. The Hall–Kier alpha value is -0.350. The van der Waals surface area contributed by atoms with E-state index in [2.05, 4.69) is 23.8 Å². The second kappa shape index (κ2) is 5.51. The molecule has 0 saturated heterocycles. The van der Waals surface area contributed by atoms with Crippen LogP contribution >= 0.6 is 24.0 Å². The minimum absolute atomic E-state index is 0.682. The summed E-state index contributed by atoms with van der Waals surface area (Å²) in [5.41, 5.74) is 1.09. The zero-order valence-electron chi connectivity index (χ0n) is 8.83. The molecular weight excluding hydrogens is 212 g/mol. The van der Waals surface area contributed by atoms with Gasteiger partial charge in [0.2, 0.25) is 0 Å². The van der Waals surface area contributed by atoms with Gasteiger partial charge in [-0.2, -0.15) is 11.8 Å². The van der Waals surface area contributed by atoms with Crippen LogP contribution in [-0.4, -0.2) is 15.7 Å². The fraction of sp³-hybridized carbons (Fsp3) is 0.600. The predicted octanol–water partition coefficient (Wildman–Crippen LogP) is 3.34. The summed E-state index contributed by atoms with van der Waals surface area (Å²) in [7, 11) is 0. The van der Waals surface area contributed by atoms with Gasteiger partial charge in [0.05, 0.1) is 5.75 Å². The van der Waals surface area contributed by atoms with E-state index in [-0.39, 0.29) is 0 Å². The van der Waals surface area contributed by atoms with Crippen molar-refractivity contribution in [3.63, 3.8) is 0 Å². The number of H-pyrrole nitrogens is 1. The van der Waals surface area contributed by atoms with Crippen LogP contribution in [-0.2, 0) is 5.75 Å². The van der Waals surface area contributed by atoms with E-state index in [0.29, 0.717) is 4.64 Å². The van der Waals surface area contributed by atoms with E-state index in [9.17, 15) is 0 Å². The van der Waals surface area contributed by atoms with Crippen molar-refractivity contribution >= 4 is 24.0 Å². The number of aromatic amines is 1. The van der Waals surface area contributed by atoms with Gasteiger partial charge in [-0.25, -0.2) is 4.98 Å². The Morgan fingerprint density at radius 2 is 2.29 bits per heavy atom. The van der Waals surface area contributed by atoms with Crippen molar-refractivity contribution in [2.75, 3.05) is 5.75 Å². The Kier molecular flexibility index (Phi) is 4.62. The third kappa shape index (κ3) is 4.24. The summed E-state index contributed by atoms with van der Waals surface area (Å²) in [6.45, 7) is 6.45. The van der Waals surface area contributed by atoms with Gasteiger partial charge in [-0.3, -0.25) is 0 Å². The van der Waals surface area contributed by atoms with Gasteiger partial charge in [0.25, 0.3) is 0 Å². The van der Waals surface area contributed by atoms with E-state index in [1.54, 1.807) is 0 Å². The maximum Gasteiger partial charge on any atom is 0.130 e. The Bertz CT molecular complexity index is 344. The average Bonchev–Trinajstić information content (AvgIpc) is 2.01. The summed E-state index contributed by atoms with van der Waals surface area (Å²) in [5.74, 6) is 3.80. The fourth-order valence-corrected chi connectivity index (χ4v) is 2.31. The lowest BCUT2D eigenvalue weighted by Gasteiger charge is -2.04. The van der Waals surface area contributed by atoms with Gasteiger partial charge in [0.15, 0.2) is 0 Å². The third-order valence-electron chi connectivity index (χ3n) is 1.62. The van der Waals surface area contributed by atoms with Crippen molar-refractivity contribution in [3.05, 3.63) is 22.2 Å². The van der Waals surface area contributed by atoms with E-state index in [0.717, 1.165) is 28.9 Å². The van der Waals surface area contributed by atoms with E-state index in [4.69, 9.17) is 12.2 Å². The van der Waals surface area contributed by atoms with Gasteiger partial charge in [0.1, 0.15) is 10.5 Å². The first-order valence-corrected chi connectivity index (χ1v) is 6.29. The maximum atomic E-state index is 5.05. The van der Waals surface area contributed by atoms with Crippen LogP contribution in [0.2, 0.25) is 0 Å². The van der Waals surface area contributed by atoms with Gasteiger partial charge >= 0.3 is 0 Å². The normalized spacial score (nSPS) is 10.9. The largest absolute Gasteiger partial charge is 0.347 e. The molecule has 14 heavy (non-hydrogen) atoms. The van der Waals surface area contributed by atoms with Crippen molar-refractivity contribution in [1.82, 2.24) is 9.97 Å². The lowest BCUT2D eigenvalue weighted by molar-refractivity contribution is 0.749.